The molecule has 0 aliphatic rings. The molecule has 0 radical (unpaired) electrons. The van der Waals surface area contributed by atoms with Gasteiger partial charge in [0.1, 0.15) is 0 Å². The van der Waals surface area contributed by atoms with Gasteiger partial charge in [-0.1, -0.05) is 6.07 Å². The number of nitrogens with zero attached hydrogens (tertiary/aromatic N) is 2. The van der Waals surface area contributed by atoms with Crippen molar-refractivity contribution in [2.45, 2.75) is 6.54 Å². The monoisotopic (exact) mass is 269 g/mol. The fraction of sp³-hybridized carbons (Fsp3) is 0.364. The van der Waals surface area contributed by atoms with E-state index in [2.05, 4.69) is 4.72 Å². The summed E-state index contributed by atoms with van der Waals surface area (Å²) >= 11 is 0. The molecule has 2 aromatic rings. The molecule has 0 aliphatic heterocycles. The number of nitrogens with one attached hydrogen (secondary N) is 1. The van der Waals surface area contributed by atoms with E-state index in [4.69, 9.17) is 0 Å². The number of benzene rings is 1. The molecule has 0 amide bonds. The molecule has 1 aromatic heterocycles. The van der Waals surface area contributed by atoms with Crippen LogP contribution in [0, 0.1) is 0 Å². The lowest BCUT2D eigenvalue weighted by Gasteiger charge is -2.03. The van der Waals surface area contributed by atoms with Gasteiger partial charge in [0.25, 0.3) is 0 Å². The summed E-state index contributed by atoms with van der Waals surface area (Å²) in [6, 6.07) is 5.44. The Morgan fingerprint density at radius 1 is 1.17 bits per heavy atom. The smallest absolute Gasteiger partial charge is 0.295 e. The summed E-state index contributed by atoms with van der Waals surface area (Å²) in [5, 5.41) is 0. The van der Waals surface area contributed by atoms with Gasteiger partial charge in [-0.05, 0) is 17.7 Å². The summed E-state index contributed by atoms with van der Waals surface area (Å²) < 4.78 is 27.6. The minimum Gasteiger partial charge on any atom is -0.295 e. The molecule has 0 saturated heterocycles. The van der Waals surface area contributed by atoms with E-state index in [1.54, 1.807) is 29.3 Å². The number of rotatable bonds is 3. The number of fused-ring (bicyclic) bond motifs is 1. The number of hydrogen-bond donors (Lipinski definition) is 1. The van der Waals surface area contributed by atoms with Crippen LogP contribution in [-0.4, -0.2) is 23.8 Å². The molecule has 0 fully saturated rings. The van der Waals surface area contributed by atoms with Crippen LogP contribution < -0.4 is 10.4 Å². The van der Waals surface area contributed by atoms with Crippen LogP contribution in [0.25, 0.3) is 11.0 Å². The highest BCUT2D eigenvalue weighted by molar-refractivity contribution is 7.88. The van der Waals surface area contributed by atoms with Crippen molar-refractivity contribution in [1.82, 2.24) is 13.9 Å². The highest BCUT2D eigenvalue weighted by Gasteiger charge is 2.08. The van der Waals surface area contributed by atoms with Crippen LogP contribution >= 0.6 is 0 Å². The molecule has 0 unspecified atom stereocenters. The maximum atomic E-state index is 11.7. The minimum atomic E-state index is -3.21. The maximum absolute atomic E-state index is 11.7. The average molecular weight is 269 g/mol. The van der Waals surface area contributed by atoms with Crippen molar-refractivity contribution in [1.29, 1.82) is 0 Å². The van der Waals surface area contributed by atoms with Gasteiger partial charge in [0.15, 0.2) is 0 Å². The van der Waals surface area contributed by atoms with E-state index < -0.39 is 10.0 Å². The molecule has 0 atom stereocenters. The van der Waals surface area contributed by atoms with Gasteiger partial charge in [0.05, 0.1) is 17.3 Å². The Hall–Kier alpha value is -1.60. The van der Waals surface area contributed by atoms with E-state index in [0.717, 1.165) is 22.9 Å². The molecular weight excluding hydrogens is 254 g/mol. The first kappa shape index (κ1) is 12.8. The van der Waals surface area contributed by atoms with Gasteiger partial charge in [-0.2, -0.15) is 0 Å². The van der Waals surface area contributed by atoms with Crippen molar-refractivity contribution >= 4 is 21.1 Å². The molecule has 7 heteroatoms. The lowest BCUT2D eigenvalue weighted by Crippen LogP contribution is -2.21. The summed E-state index contributed by atoms with van der Waals surface area (Å²) in [7, 11) is 0.188. The van der Waals surface area contributed by atoms with Gasteiger partial charge in [0.2, 0.25) is 10.0 Å². The van der Waals surface area contributed by atoms with E-state index in [0.29, 0.717) is 0 Å². The standard InChI is InChI=1S/C11H15N3O3S/c1-13-9-5-4-8(7-12-18(3,16)17)6-10(9)14(2)11(13)15/h4-6,12H,7H2,1-3H3. The summed E-state index contributed by atoms with van der Waals surface area (Å²) in [4.78, 5) is 11.7. The van der Waals surface area contributed by atoms with E-state index in [1.165, 1.54) is 0 Å². The van der Waals surface area contributed by atoms with Crippen LogP contribution in [-0.2, 0) is 30.7 Å². The number of imidazole rings is 1. The summed E-state index contributed by atoms with van der Waals surface area (Å²) in [5.41, 5.74) is 2.33. The zero-order valence-corrected chi connectivity index (χ0v) is 11.3. The van der Waals surface area contributed by atoms with Gasteiger partial charge in [-0.25, -0.2) is 17.9 Å². The second kappa shape index (κ2) is 4.25. The molecule has 1 aromatic carbocycles. The molecule has 2 rings (SSSR count). The van der Waals surface area contributed by atoms with Crippen LogP contribution in [0.5, 0.6) is 0 Å². The Morgan fingerprint density at radius 2 is 1.78 bits per heavy atom. The fourth-order valence-electron chi connectivity index (χ4n) is 1.88. The SMILES string of the molecule is Cn1c(=O)n(C)c2cc(CNS(C)(=O)=O)ccc21. The number of sulfonamides is 1. The second-order valence-electron chi connectivity index (χ2n) is 4.32. The molecule has 0 bridgehead atoms. The van der Waals surface area contributed by atoms with Crippen molar-refractivity contribution in [3.63, 3.8) is 0 Å². The zero-order chi connectivity index (χ0) is 13.5. The molecule has 18 heavy (non-hydrogen) atoms. The Balaban J connectivity index is 2.45. The first-order valence-corrected chi connectivity index (χ1v) is 7.28. The Kier molecular flexibility index (Phi) is 3.04. The Morgan fingerprint density at radius 3 is 2.39 bits per heavy atom. The van der Waals surface area contributed by atoms with Crippen molar-refractivity contribution in [2.75, 3.05) is 6.26 Å². The summed E-state index contributed by atoms with van der Waals surface area (Å²) in [6.45, 7) is 0.220. The maximum Gasteiger partial charge on any atom is 0.328 e. The summed E-state index contributed by atoms with van der Waals surface area (Å²) in [6.07, 6.45) is 1.11. The molecule has 0 saturated carbocycles. The molecule has 6 nitrogen and oxygen atoms in total. The number of aromatic nitrogens is 2. The topological polar surface area (TPSA) is 73.1 Å². The number of aryl methyl sites for hydroxylation is 2. The highest BCUT2D eigenvalue weighted by Crippen LogP contribution is 2.13. The van der Waals surface area contributed by atoms with E-state index in [1.807, 2.05) is 12.1 Å². The zero-order valence-electron chi connectivity index (χ0n) is 10.5. The van der Waals surface area contributed by atoms with Gasteiger partial charge in [-0.3, -0.25) is 9.13 Å². The molecular formula is C11H15N3O3S. The van der Waals surface area contributed by atoms with E-state index in [-0.39, 0.29) is 12.2 Å². The van der Waals surface area contributed by atoms with Crippen molar-refractivity contribution in [3.05, 3.63) is 34.2 Å². The van der Waals surface area contributed by atoms with Crippen LogP contribution in [0.2, 0.25) is 0 Å². The average Bonchev–Trinajstić information content (AvgIpc) is 2.51. The minimum absolute atomic E-state index is 0.0989. The van der Waals surface area contributed by atoms with Crippen LogP contribution in [0.4, 0.5) is 0 Å². The number of hydrogen-bond acceptors (Lipinski definition) is 3. The molecule has 1 N–H and O–H groups in total. The predicted octanol–water partition coefficient (Wildman–Crippen LogP) is -0.0738. The van der Waals surface area contributed by atoms with Gasteiger partial charge in [-0.15, -0.1) is 0 Å². The van der Waals surface area contributed by atoms with Crippen molar-refractivity contribution in [2.24, 2.45) is 14.1 Å². The summed E-state index contributed by atoms with van der Waals surface area (Å²) in [5.74, 6) is 0. The second-order valence-corrected chi connectivity index (χ2v) is 6.15. The fourth-order valence-corrected chi connectivity index (χ4v) is 2.31. The Bertz CT molecular complexity index is 756. The third-order valence-electron chi connectivity index (χ3n) is 2.87. The van der Waals surface area contributed by atoms with Crippen molar-refractivity contribution in [3.8, 4) is 0 Å². The largest absolute Gasteiger partial charge is 0.328 e. The van der Waals surface area contributed by atoms with Gasteiger partial charge < -0.3 is 0 Å². The molecule has 98 valence electrons. The first-order valence-electron chi connectivity index (χ1n) is 5.38. The van der Waals surface area contributed by atoms with Crippen LogP contribution in [0.1, 0.15) is 5.56 Å². The van der Waals surface area contributed by atoms with Crippen molar-refractivity contribution < 1.29 is 8.42 Å². The lowest BCUT2D eigenvalue weighted by atomic mass is 10.2. The predicted molar refractivity (Wildman–Crippen MR) is 69.8 cm³/mol. The van der Waals surface area contributed by atoms with Gasteiger partial charge >= 0.3 is 5.69 Å². The van der Waals surface area contributed by atoms with Crippen LogP contribution in [0.3, 0.4) is 0 Å². The molecule has 0 spiro atoms. The highest BCUT2D eigenvalue weighted by atomic mass is 32.2. The molecule has 1 heterocycles. The van der Waals surface area contributed by atoms with Gasteiger partial charge in [0, 0.05) is 20.6 Å². The quantitative estimate of drug-likeness (QED) is 0.847. The van der Waals surface area contributed by atoms with Crippen LogP contribution in [0.15, 0.2) is 23.0 Å². The van der Waals surface area contributed by atoms with E-state index >= 15 is 0 Å². The molecule has 0 aliphatic carbocycles. The lowest BCUT2D eigenvalue weighted by molar-refractivity contribution is 0.587. The van der Waals surface area contributed by atoms with E-state index in [9.17, 15) is 13.2 Å². The third kappa shape index (κ3) is 2.32. The first-order chi connectivity index (χ1) is 8.29. The Labute approximate surface area is 105 Å². The normalized spacial score (nSPS) is 12.2. The third-order valence-corrected chi connectivity index (χ3v) is 3.54.